The number of hydrogen-bond acceptors (Lipinski definition) is 7. The molecule has 0 radical (unpaired) electrons. The minimum absolute atomic E-state index is 0.0446. The minimum Gasteiger partial charge on any atom is -0.484 e. The molecule has 0 atom stereocenters. The number of hydrogen-bond donors (Lipinski definition) is 1. The Labute approximate surface area is 180 Å². The number of thiophene rings is 1. The van der Waals surface area contributed by atoms with Crippen molar-refractivity contribution in [1.29, 1.82) is 0 Å². The molecule has 2 aromatic heterocycles. The fourth-order valence-corrected chi connectivity index (χ4v) is 3.55. The van der Waals surface area contributed by atoms with E-state index in [-0.39, 0.29) is 12.5 Å². The Morgan fingerprint density at radius 2 is 1.93 bits per heavy atom. The van der Waals surface area contributed by atoms with Crippen LogP contribution in [0.1, 0.15) is 13.8 Å². The highest BCUT2D eigenvalue weighted by Gasteiger charge is 2.07. The summed E-state index contributed by atoms with van der Waals surface area (Å²) in [7, 11) is 0. The summed E-state index contributed by atoms with van der Waals surface area (Å²) >= 11 is 1.61. The number of aromatic nitrogens is 2. The number of anilines is 1. The van der Waals surface area contributed by atoms with Crippen LogP contribution in [-0.2, 0) is 4.79 Å². The Morgan fingerprint density at radius 1 is 1.07 bits per heavy atom. The molecule has 0 fully saturated rings. The van der Waals surface area contributed by atoms with E-state index in [1.54, 1.807) is 17.4 Å². The number of rotatable bonds is 11. The first-order chi connectivity index (χ1) is 14.7. The van der Waals surface area contributed by atoms with Crippen LogP contribution in [0.15, 0.2) is 53.9 Å². The van der Waals surface area contributed by atoms with E-state index in [9.17, 15) is 4.79 Å². The fraction of sp³-hybridized carbons (Fsp3) is 0.318. The minimum atomic E-state index is -0.203. The van der Waals surface area contributed by atoms with Gasteiger partial charge in [0.2, 0.25) is 5.88 Å². The Balaban J connectivity index is 1.37. The van der Waals surface area contributed by atoms with Crippen LogP contribution >= 0.6 is 11.3 Å². The van der Waals surface area contributed by atoms with Crippen molar-refractivity contribution in [2.24, 2.45) is 0 Å². The SMILES string of the molecule is CCN(CC)c1cccc(OCC(=O)NCCOc2ccc(-c3cccs3)nn2)c1. The molecule has 0 aliphatic carbocycles. The van der Waals surface area contributed by atoms with Gasteiger partial charge in [0, 0.05) is 30.9 Å². The van der Waals surface area contributed by atoms with Crippen LogP contribution in [0, 0.1) is 0 Å². The van der Waals surface area contributed by atoms with E-state index >= 15 is 0 Å². The highest BCUT2D eigenvalue weighted by atomic mass is 32.1. The van der Waals surface area contributed by atoms with Gasteiger partial charge >= 0.3 is 0 Å². The van der Waals surface area contributed by atoms with Gasteiger partial charge < -0.3 is 19.7 Å². The number of benzene rings is 1. The smallest absolute Gasteiger partial charge is 0.258 e. The third-order valence-electron chi connectivity index (χ3n) is 4.40. The lowest BCUT2D eigenvalue weighted by molar-refractivity contribution is -0.123. The summed E-state index contributed by atoms with van der Waals surface area (Å²) in [5, 5.41) is 13.0. The summed E-state index contributed by atoms with van der Waals surface area (Å²) in [6, 6.07) is 15.4. The highest BCUT2D eigenvalue weighted by molar-refractivity contribution is 7.13. The summed E-state index contributed by atoms with van der Waals surface area (Å²) in [5.74, 6) is 0.895. The molecule has 1 aromatic carbocycles. The zero-order valence-corrected chi connectivity index (χ0v) is 18.0. The highest BCUT2D eigenvalue weighted by Crippen LogP contribution is 2.23. The van der Waals surface area contributed by atoms with Crippen molar-refractivity contribution in [1.82, 2.24) is 15.5 Å². The monoisotopic (exact) mass is 426 g/mol. The molecule has 0 bridgehead atoms. The van der Waals surface area contributed by atoms with E-state index in [0.29, 0.717) is 24.8 Å². The first-order valence-electron chi connectivity index (χ1n) is 9.94. The molecule has 2 heterocycles. The van der Waals surface area contributed by atoms with Crippen molar-refractivity contribution >= 4 is 22.9 Å². The second kappa shape index (κ2) is 11.2. The predicted molar refractivity (Wildman–Crippen MR) is 119 cm³/mol. The molecule has 0 spiro atoms. The average Bonchev–Trinajstić information content (AvgIpc) is 3.32. The summed E-state index contributed by atoms with van der Waals surface area (Å²) in [6.45, 7) is 6.67. The van der Waals surface area contributed by atoms with Crippen LogP contribution in [0.4, 0.5) is 5.69 Å². The van der Waals surface area contributed by atoms with Gasteiger partial charge in [0.1, 0.15) is 18.1 Å². The molecule has 0 aliphatic rings. The lowest BCUT2D eigenvalue weighted by Gasteiger charge is -2.21. The zero-order valence-electron chi connectivity index (χ0n) is 17.2. The number of amides is 1. The van der Waals surface area contributed by atoms with Gasteiger partial charge in [-0.1, -0.05) is 12.1 Å². The molecule has 7 nitrogen and oxygen atoms in total. The fourth-order valence-electron chi connectivity index (χ4n) is 2.86. The number of nitrogens with one attached hydrogen (secondary N) is 1. The van der Waals surface area contributed by atoms with E-state index in [4.69, 9.17) is 9.47 Å². The third-order valence-corrected chi connectivity index (χ3v) is 5.30. The van der Waals surface area contributed by atoms with Crippen molar-refractivity contribution < 1.29 is 14.3 Å². The van der Waals surface area contributed by atoms with Crippen LogP contribution in [0.5, 0.6) is 11.6 Å². The molecule has 0 saturated heterocycles. The maximum Gasteiger partial charge on any atom is 0.258 e. The van der Waals surface area contributed by atoms with E-state index < -0.39 is 0 Å². The molecule has 1 N–H and O–H groups in total. The van der Waals surface area contributed by atoms with E-state index in [1.165, 1.54) is 0 Å². The van der Waals surface area contributed by atoms with Gasteiger partial charge in [-0.2, -0.15) is 0 Å². The molecule has 0 aliphatic heterocycles. The van der Waals surface area contributed by atoms with Gasteiger partial charge in [0.05, 0.1) is 11.4 Å². The van der Waals surface area contributed by atoms with Gasteiger partial charge in [-0.15, -0.1) is 21.5 Å². The van der Waals surface area contributed by atoms with Crippen molar-refractivity contribution in [3.05, 3.63) is 53.9 Å². The van der Waals surface area contributed by atoms with Gasteiger partial charge in [0.25, 0.3) is 5.91 Å². The molecule has 8 heteroatoms. The maximum absolute atomic E-state index is 12.0. The third kappa shape index (κ3) is 6.18. The van der Waals surface area contributed by atoms with Crippen LogP contribution in [0.3, 0.4) is 0 Å². The summed E-state index contributed by atoms with van der Waals surface area (Å²) in [4.78, 5) is 15.3. The van der Waals surface area contributed by atoms with E-state index in [1.807, 2.05) is 47.8 Å². The van der Waals surface area contributed by atoms with Crippen LogP contribution in [0.25, 0.3) is 10.6 Å². The quantitative estimate of drug-likeness (QED) is 0.472. The van der Waals surface area contributed by atoms with Gasteiger partial charge in [-0.3, -0.25) is 4.79 Å². The lowest BCUT2D eigenvalue weighted by Crippen LogP contribution is -2.32. The normalized spacial score (nSPS) is 10.5. The Morgan fingerprint density at radius 3 is 2.63 bits per heavy atom. The first kappa shape index (κ1) is 21.6. The summed E-state index contributed by atoms with van der Waals surface area (Å²) in [5.41, 5.74) is 1.89. The second-order valence-electron chi connectivity index (χ2n) is 6.39. The van der Waals surface area contributed by atoms with Crippen molar-refractivity contribution in [2.45, 2.75) is 13.8 Å². The van der Waals surface area contributed by atoms with E-state index in [0.717, 1.165) is 29.3 Å². The zero-order chi connectivity index (χ0) is 21.2. The Kier molecular flexibility index (Phi) is 8.02. The van der Waals surface area contributed by atoms with Crippen LogP contribution < -0.4 is 19.7 Å². The number of carbonyl (C=O) groups excluding carboxylic acids is 1. The standard InChI is InChI=1S/C22H26N4O3S/c1-3-26(4-2)17-7-5-8-18(15-17)29-16-21(27)23-12-13-28-22-11-10-19(24-25-22)20-9-6-14-30-20/h5-11,14-15H,3-4,12-13,16H2,1-2H3,(H,23,27). The van der Waals surface area contributed by atoms with Crippen molar-refractivity contribution in [3.8, 4) is 22.2 Å². The summed E-state index contributed by atoms with van der Waals surface area (Å²) < 4.78 is 11.1. The molecular formula is C22H26N4O3S. The molecule has 0 saturated carbocycles. The molecule has 3 rings (SSSR count). The summed E-state index contributed by atoms with van der Waals surface area (Å²) in [6.07, 6.45) is 0. The van der Waals surface area contributed by atoms with Gasteiger partial charge in [-0.25, -0.2) is 0 Å². The van der Waals surface area contributed by atoms with E-state index in [2.05, 4.69) is 34.3 Å². The Bertz CT molecular complexity index is 912. The number of carbonyl (C=O) groups is 1. The van der Waals surface area contributed by atoms with Crippen molar-refractivity contribution in [2.75, 3.05) is 37.7 Å². The first-order valence-corrected chi connectivity index (χ1v) is 10.8. The molecule has 3 aromatic rings. The predicted octanol–water partition coefficient (Wildman–Crippen LogP) is 3.63. The van der Waals surface area contributed by atoms with Crippen LogP contribution in [0.2, 0.25) is 0 Å². The molecule has 30 heavy (non-hydrogen) atoms. The second-order valence-corrected chi connectivity index (χ2v) is 7.34. The topological polar surface area (TPSA) is 76.6 Å². The average molecular weight is 427 g/mol. The molecule has 0 unspecified atom stereocenters. The van der Waals surface area contributed by atoms with Gasteiger partial charge in [0.15, 0.2) is 6.61 Å². The molecular weight excluding hydrogens is 400 g/mol. The number of ether oxygens (including phenoxy) is 2. The maximum atomic E-state index is 12.0. The molecule has 1 amide bonds. The lowest BCUT2D eigenvalue weighted by atomic mass is 10.2. The van der Waals surface area contributed by atoms with Crippen molar-refractivity contribution in [3.63, 3.8) is 0 Å². The largest absolute Gasteiger partial charge is 0.484 e. The van der Waals surface area contributed by atoms with Gasteiger partial charge in [-0.05, 0) is 43.5 Å². The van der Waals surface area contributed by atoms with Crippen LogP contribution in [-0.4, -0.2) is 49.0 Å². The number of nitrogens with zero attached hydrogens (tertiary/aromatic N) is 3. The molecule has 158 valence electrons. The Hall–Kier alpha value is -3.13.